The van der Waals surface area contributed by atoms with Gasteiger partial charge < -0.3 is 9.80 Å². The molecule has 2 amide bonds. The van der Waals surface area contributed by atoms with Crippen molar-refractivity contribution in [3.8, 4) is 0 Å². The third kappa shape index (κ3) is 4.58. The summed E-state index contributed by atoms with van der Waals surface area (Å²) >= 11 is 4.40. The first-order valence-electron chi connectivity index (χ1n) is 9.74. The average Bonchev–Trinajstić information content (AvgIpc) is 2.93. The summed E-state index contributed by atoms with van der Waals surface area (Å²) in [6, 6.07) is 15.2. The molecule has 3 rings (SSSR count). The lowest BCUT2D eigenvalue weighted by Crippen LogP contribution is -2.37. The van der Waals surface area contributed by atoms with Crippen LogP contribution in [-0.2, 0) is 5.41 Å². The first-order valence-corrected chi connectivity index (χ1v) is 10.2. The molecule has 5 heteroatoms. The van der Waals surface area contributed by atoms with Crippen LogP contribution in [0.4, 0.5) is 0 Å². The van der Waals surface area contributed by atoms with Gasteiger partial charge in [0.05, 0.1) is 5.56 Å². The second-order valence-corrected chi connectivity index (χ2v) is 8.76. The van der Waals surface area contributed by atoms with Crippen LogP contribution in [0.5, 0.6) is 0 Å². The summed E-state index contributed by atoms with van der Waals surface area (Å²) < 4.78 is 0. The fourth-order valence-corrected chi connectivity index (χ4v) is 3.70. The van der Waals surface area contributed by atoms with Gasteiger partial charge in [-0.2, -0.15) is 0 Å². The summed E-state index contributed by atoms with van der Waals surface area (Å²) in [5.41, 5.74) is 2.59. The molecule has 2 aromatic carbocycles. The standard InChI is InChI=1S/C23H28N2O2S/c1-23(2,3)18-11-9-17(10-12-18)21(26)24-13-6-14-25(16-15-24)22(27)19-7-4-5-8-20(19)28/h4-5,7-12,28H,6,13-16H2,1-3H3. The maximum Gasteiger partial charge on any atom is 0.255 e. The molecular weight excluding hydrogens is 368 g/mol. The Morgan fingerprint density at radius 2 is 1.39 bits per heavy atom. The number of carbonyl (C=O) groups is 2. The molecule has 0 aromatic heterocycles. The fraction of sp³-hybridized carbons (Fsp3) is 0.391. The maximum atomic E-state index is 12.9. The Morgan fingerprint density at radius 1 is 0.821 bits per heavy atom. The predicted molar refractivity (Wildman–Crippen MR) is 115 cm³/mol. The van der Waals surface area contributed by atoms with Gasteiger partial charge in [0, 0.05) is 36.6 Å². The van der Waals surface area contributed by atoms with Crippen LogP contribution in [0.25, 0.3) is 0 Å². The quantitative estimate of drug-likeness (QED) is 0.771. The van der Waals surface area contributed by atoms with E-state index in [-0.39, 0.29) is 17.2 Å². The lowest BCUT2D eigenvalue weighted by atomic mass is 9.86. The van der Waals surface area contributed by atoms with Gasteiger partial charge in [0.15, 0.2) is 0 Å². The fourth-order valence-electron chi connectivity index (χ4n) is 3.44. The van der Waals surface area contributed by atoms with Crippen molar-refractivity contribution >= 4 is 24.4 Å². The number of hydrogen-bond acceptors (Lipinski definition) is 3. The molecule has 0 unspecified atom stereocenters. The minimum absolute atomic E-state index is 0.0190. The first kappa shape index (κ1) is 20.5. The summed E-state index contributed by atoms with van der Waals surface area (Å²) in [4.78, 5) is 30.1. The van der Waals surface area contributed by atoms with Crippen LogP contribution in [0, 0.1) is 0 Å². The molecule has 1 aliphatic heterocycles. The zero-order chi connectivity index (χ0) is 20.3. The number of benzene rings is 2. The molecule has 1 heterocycles. The Hall–Kier alpha value is -2.27. The molecule has 28 heavy (non-hydrogen) atoms. The molecule has 0 atom stereocenters. The number of amides is 2. The second-order valence-electron chi connectivity index (χ2n) is 8.28. The van der Waals surface area contributed by atoms with Gasteiger partial charge in [-0.25, -0.2) is 0 Å². The van der Waals surface area contributed by atoms with Gasteiger partial charge in [0.2, 0.25) is 0 Å². The molecule has 0 spiro atoms. The minimum atomic E-state index is -0.0190. The molecule has 0 bridgehead atoms. The highest BCUT2D eigenvalue weighted by Crippen LogP contribution is 2.23. The van der Waals surface area contributed by atoms with Gasteiger partial charge in [0.25, 0.3) is 11.8 Å². The largest absolute Gasteiger partial charge is 0.337 e. The molecule has 148 valence electrons. The van der Waals surface area contributed by atoms with E-state index in [2.05, 4.69) is 33.4 Å². The summed E-state index contributed by atoms with van der Waals surface area (Å²) in [5, 5.41) is 0. The van der Waals surface area contributed by atoms with Crippen LogP contribution in [-0.4, -0.2) is 47.8 Å². The zero-order valence-electron chi connectivity index (χ0n) is 16.8. The van der Waals surface area contributed by atoms with Crippen LogP contribution < -0.4 is 0 Å². The highest BCUT2D eigenvalue weighted by molar-refractivity contribution is 7.80. The van der Waals surface area contributed by atoms with E-state index in [1.807, 2.05) is 52.3 Å². The average molecular weight is 397 g/mol. The molecule has 0 N–H and O–H groups in total. The Balaban J connectivity index is 1.67. The second kappa shape index (κ2) is 8.39. The van der Waals surface area contributed by atoms with E-state index in [9.17, 15) is 9.59 Å². The van der Waals surface area contributed by atoms with Crippen LogP contribution in [0.3, 0.4) is 0 Å². The first-order chi connectivity index (χ1) is 13.3. The van der Waals surface area contributed by atoms with E-state index in [0.29, 0.717) is 42.2 Å². The van der Waals surface area contributed by atoms with Crippen molar-refractivity contribution in [3.63, 3.8) is 0 Å². The van der Waals surface area contributed by atoms with Crippen molar-refractivity contribution in [3.05, 3.63) is 65.2 Å². The van der Waals surface area contributed by atoms with Crippen molar-refractivity contribution in [1.29, 1.82) is 0 Å². The van der Waals surface area contributed by atoms with Crippen LogP contribution in [0.15, 0.2) is 53.4 Å². The maximum absolute atomic E-state index is 12.9. The third-order valence-electron chi connectivity index (χ3n) is 5.20. The molecule has 0 aliphatic carbocycles. The van der Waals surface area contributed by atoms with Gasteiger partial charge in [-0.05, 0) is 41.7 Å². The van der Waals surface area contributed by atoms with Crippen molar-refractivity contribution in [2.45, 2.75) is 37.5 Å². The van der Waals surface area contributed by atoms with Gasteiger partial charge in [-0.15, -0.1) is 12.6 Å². The highest BCUT2D eigenvalue weighted by Gasteiger charge is 2.24. The number of hydrogen-bond donors (Lipinski definition) is 1. The van der Waals surface area contributed by atoms with Crippen molar-refractivity contribution < 1.29 is 9.59 Å². The third-order valence-corrected chi connectivity index (χ3v) is 5.59. The molecule has 1 aliphatic rings. The summed E-state index contributed by atoms with van der Waals surface area (Å²) in [6.07, 6.45) is 0.770. The van der Waals surface area contributed by atoms with Crippen LogP contribution in [0.1, 0.15) is 53.5 Å². The molecule has 4 nitrogen and oxygen atoms in total. The summed E-state index contributed by atoms with van der Waals surface area (Å²) in [7, 11) is 0. The monoisotopic (exact) mass is 396 g/mol. The Morgan fingerprint density at radius 3 is 1.96 bits per heavy atom. The van der Waals surface area contributed by atoms with E-state index in [1.165, 1.54) is 5.56 Å². The predicted octanol–water partition coefficient (Wildman–Crippen LogP) is 4.26. The zero-order valence-corrected chi connectivity index (χ0v) is 17.7. The number of rotatable bonds is 2. The van der Waals surface area contributed by atoms with Crippen LogP contribution in [0.2, 0.25) is 0 Å². The van der Waals surface area contributed by atoms with Gasteiger partial charge >= 0.3 is 0 Å². The molecule has 0 radical (unpaired) electrons. The van der Waals surface area contributed by atoms with E-state index in [1.54, 1.807) is 6.07 Å². The Kier molecular flexibility index (Phi) is 6.14. The smallest absolute Gasteiger partial charge is 0.255 e. The topological polar surface area (TPSA) is 40.6 Å². The highest BCUT2D eigenvalue weighted by atomic mass is 32.1. The normalized spacial score (nSPS) is 15.3. The van der Waals surface area contributed by atoms with Crippen LogP contribution >= 0.6 is 12.6 Å². The lowest BCUT2D eigenvalue weighted by molar-refractivity contribution is 0.0717. The van der Waals surface area contributed by atoms with Gasteiger partial charge in [-0.1, -0.05) is 45.0 Å². The Bertz CT molecular complexity index is 856. The van der Waals surface area contributed by atoms with E-state index in [4.69, 9.17) is 0 Å². The number of carbonyl (C=O) groups excluding carboxylic acids is 2. The minimum Gasteiger partial charge on any atom is -0.337 e. The number of nitrogens with zero attached hydrogens (tertiary/aromatic N) is 2. The Labute approximate surface area is 172 Å². The van der Waals surface area contributed by atoms with Crippen molar-refractivity contribution in [2.24, 2.45) is 0 Å². The summed E-state index contributed by atoms with van der Waals surface area (Å²) in [5.74, 6) is 0.0128. The molecule has 0 saturated carbocycles. The molecule has 1 saturated heterocycles. The molecule has 2 aromatic rings. The summed E-state index contributed by atoms with van der Waals surface area (Å²) in [6.45, 7) is 8.86. The van der Waals surface area contributed by atoms with E-state index < -0.39 is 0 Å². The van der Waals surface area contributed by atoms with E-state index in [0.717, 1.165) is 6.42 Å². The number of thiol groups is 1. The van der Waals surface area contributed by atoms with Crippen molar-refractivity contribution in [1.82, 2.24) is 9.80 Å². The molecular formula is C23H28N2O2S. The van der Waals surface area contributed by atoms with Gasteiger partial charge in [0.1, 0.15) is 0 Å². The SMILES string of the molecule is CC(C)(C)c1ccc(C(=O)N2CCCN(C(=O)c3ccccc3S)CC2)cc1. The van der Waals surface area contributed by atoms with Crippen molar-refractivity contribution in [2.75, 3.05) is 26.2 Å². The van der Waals surface area contributed by atoms with E-state index >= 15 is 0 Å². The lowest BCUT2D eigenvalue weighted by Gasteiger charge is -2.23. The molecule has 1 fully saturated rings. The van der Waals surface area contributed by atoms with Gasteiger partial charge in [-0.3, -0.25) is 9.59 Å².